The lowest BCUT2D eigenvalue weighted by atomic mass is 11.2. The van der Waals surface area contributed by atoms with E-state index >= 15 is 0 Å². The third-order valence-corrected chi connectivity index (χ3v) is 4.63. The Hall–Kier alpha value is -1.56. The van der Waals surface area contributed by atoms with Gasteiger partial charge in [0.1, 0.15) is 0 Å². The molecule has 0 aromatic carbocycles. The molecular weight excluding hydrogens is 256 g/mol. The lowest BCUT2D eigenvalue weighted by molar-refractivity contribution is 0.582. The minimum absolute atomic E-state index is 0.142. The minimum atomic E-state index is -3.71. The molecule has 0 atom stereocenters. The smallest absolute Gasteiger partial charge is 0.223 e. The highest BCUT2D eigenvalue weighted by molar-refractivity contribution is 8.71. The molecule has 0 bridgehead atoms. The van der Waals surface area contributed by atoms with Crippen LogP contribution in [0, 0.1) is 0 Å². The van der Waals surface area contributed by atoms with Crippen molar-refractivity contribution in [2.45, 2.75) is 10.3 Å². The molecule has 86 valence electrons. The lowest BCUT2D eigenvalue weighted by Gasteiger charge is -1.99. The van der Waals surface area contributed by atoms with E-state index in [-0.39, 0.29) is 10.3 Å². The number of tetrazole rings is 2. The van der Waals surface area contributed by atoms with Gasteiger partial charge in [-0.25, -0.2) is 17.8 Å². The molecule has 0 N–H and O–H groups in total. The fourth-order valence-electron chi connectivity index (χ4n) is 0.860. The maximum atomic E-state index is 11.8. The molecular formula is C4H6N8O2S2. The Kier molecular flexibility index (Phi) is 2.59. The van der Waals surface area contributed by atoms with Gasteiger partial charge in [-0.05, 0) is 20.9 Å². The SMILES string of the molecule is Cn1nnnc1SS(=O)(=O)c1nnnn1C. The Morgan fingerprint density at radius 3 is 2.19 bits per heavy atom. The Balaban J connectivity index is 2.36. The molecule has 0 spiro atoms. The predicted octanol–water partition coefficient (Wildman–Crippen LogP) is -1.79. The van der Waals surface area contributed by atoms with Crippen molar-refractivity contribution in [2.24, 2.45) is 14.1 Å². The van der Waals surface area contributed by atoms with Crippen LogP contribution < -0.4 is 0 Å². The summed E-state index contributed by atoms with van der Waals surface area (Å²) < 4.78 is 26.0. The molecule has 2 aromatic rings. The van der Waals surface area contributed by atoms with Crippen LogP contribution in [0.25, 0.3) is 0 Å². The number of hydrogen-bond donors (Lipinski definition) is 0. The van der Waals surface area contributed by atoms with Gasteiger partial charge >= 0.3 is 0 Å². The van der Waals surface area contributed by atoms with Crippen LogP contribution in [0.15, 0.2) is 10.3 Å². The normalized spacial score (nSPS) is 11.9. The van der Waals surface area contributed by atoms with Crippen LogP contribution in [0.2, 0.25) is 0 Å². The standard InChI is InChI=1S/C4H6N8O2S2/c1-11-3(5-7-9-11)15-16(13,14)4-6-8-10-12(4)2/h1-2H3. The van der Waals surface area contributed by atoms with Crippen molar-refractivity contribution in [1.82, 2.24) is 40.4 Å². The molecule has 2 rings (SSSR count). The average molecular weight is 262 g/mol. The largest absolute Gasteiger partial charge is 0.278 e. The van der Waals surface area contributed by atoms with Gasteiger partial charge in [-0.2, -0.15) is 0 Å². The zero-order chi connectivity index (χ0) is 11.8. The summed E-state index contributed by atoms with van der Waals surface area (Å²) in [4.78, 5) is 0. The summed E-state index contributed by atoms with van der Waals surface area (Å²) in [7, 11) is -0.259. The third kappa shape index (κ3) is 1.88. The van der Waals surface area contributed by atoms with Gasteiger partial charge in [0.15, 0.2) is 0 Å². The van der Waals surface area contributed by atoms with Gasteiger partial charge in [0.2, 0.25) is 5.16 Å². The molecule has 0 amide bonds. The first kappa shape index (κ1) is 10.9. The van der Waals surface area contributed by atoms with Gasteiger partial charge in [-0.15, -0.1) is 5.10 Å². The summed E-state index contributed by atoms with van der Waals surface area (Å²) in [6.07, 6.45) is 0. The average Bonchev–Trinajstić information content (AvgIpc) is 2.76. The highest BCUT2D eigenvalue weighted by atomic mass is 33.1. The van der Waals surface area contributed by atoms with Crippen molar-refractivity contribution in [3.63, 3.8) is 0 Å². The number of aromatic nitrogens is 8. The second-order valence-electron chi connectivity index (χ2n) is 2.71. The number of nitrogens with zero attached hydrogens (tertiary/aromatic N) is 8. The van der Waals surface area contributed by atoms with Crippen LogP contribution in [0.5, 0.6) is 0 Å². The van der Waals surface area contributed by atoms with Crippen LogP contribution in [-0.4, -0.2) is 48.8 Å². The molecule has 0 saturated carbocycles. The Labute approximate surface area is 93.3 Å². The van der Waals surface area contributed by atoms with Gasteiger partial charge < -0.3 is 0 Å². The van der Waals surface area contributed by atoms with Crippen molar-refractivity contribution in [1.29, 1.82) is 0 Å². The Morgan fingerprint density at radius 2 is 1.69 bits per heavy atom. The minimum Gasteiger partial charge on any atom is -0.223 e. The predicted molar refractivity (Wildman–Crippen MR) is 50.6 cm³/mol. The van der Waals surface area contributed by atoms with Crippen molar-refractivity contribution < 1.29 is 8.42 Å². The molecule has 0 unspecified atom stereocenters. The van der Waals surface area contributed by atoms with E-state index in [2.05, 4.69) is 31.1 Å². The van der Waals surface area contributed by atoms with Crippen molar-refractivity contribution in [3.05, 3.63) is 0 Å². The van der Waals surface area contributed by atoms with Crippen LogP contribution >= 0.6 is 10.8 Å². The van der Waals surface area contributed by atoms with Crippen molar-refractivity contribution in [3.8, 4) is 0 Å². The van der Waals surface area contributed by atoms with Crippen molar-refractivity contribution >= 4 is 19.7 Å². The molecule has 0 aliphatic carbocycles. The van der Waals surface area contributed by atoms with Crippen LogP contribution in [0.4, 0.5) is 0 Å². The topological polar surface area (TPSA) is 121 Å². The van der Waals surface area contributed by atoms with E-state index in [9.17, 15) is 8.42 Å². The molecule has 12 heteroatoms. The first-order valence-corrected chi connectivity index (χ1v) is 6.71. The fraction of sp³-hybridized carbons (Fsp3) is 0.500. The second kappa shape index (κ2) is 3.79. The van der Waals surface area contributed by atoms with Crippen LogP contribution in [0.1, 0.15) is 0 Å². The lowest BCUT2D eigenvalue weighted by Crippen LogP contribution is -2.06. The second-order valence-corrected chi connectivity index (χ2v) is 6.33. The van der Waals surface area contributed by atoms with E-state index in [1.165, 1.54) is 18.8 Å². The van der Waals surface area contributed by atoms with Gasteiger partial charge in [0.05, 0.1) is 10.8 Å². The van der Waals surface area contributed by atoms with Gasteiger partial charge in [0.25, 0.3) is 14.0 Å². The van der Waals surface area contributed by atoms with Crippen LogP contribution in [0.3, 0.4) is 0 Å². The summed E-state index contributed by atoms with van der Waals surface area (Å²) in [5.41, 5.74) is 0. The Morgan fingerprint density at radius 1 is 1.06 bits per heavy atom. The van der Waals surface area contributed by atoms with Crippen molar-refractivity contribution in [2.75, 3.05) is 0 Å². The first-order valence-electron chi connectivity index (χ1n) is 3.90. The molecule has 0 fully saturated rings. The van der Waals surface area contributed by atoms with E-state index in [4.69, 9.17) is 0 Å². The molecule has 0 radical (unpaired) electrons. The summed E-state index contributed by atoms with van der Waals surface area (Å²) in [5.74, 6) is 0. The quantitative estimate of drug-likeness (QED) is 0.590. The third-order valence-electron chi connectivity index (χ3n) is 1.57. The molecule has 16 heavy (non-hydrogen) atoms. The molecule has 2 heterocycles. The van der Waals surface area contributed by atoms with E-state index in [1.807, 2.05) is 0 Å². The Bertz CT molecular complexity index is 599. The summed E-state index contributed by atoms with van der Waals surface area (Å²) in [5, 5.41) is 20.4. The van der Waals surface area contributed by atoms with Gasteiger partial charge in [-0.3, -0.25) is 0 Å². The maximum absolute atomic E-state index is 11.8. The zero-order valence-corrected chi connectivity index (χ0v) is 9.84. The van der Waals surface area contributed by atoms with Gasteiger partial charge in [0, 0.05) is 14.1 Å². The zero-order valence-electron chi connectivity index (χ0n) is 8.21. The molecule has 0 aliphatic heterocycles. The van der Waals surface area contributed by atoms with E-state index in [0.29, 0.717) is 10.8 Å². The highest BCUT2D eigenvalue weighted by Crippen LogP contribution is 2.26. The summed E-state index contributed by atoms with van der Waals surface area (Å²) in [6.45, 7) is 0. The molecule has 10 nitrogen and oxygen atoms in total. The monoisotopic (exact) mass is 262 g/mol. The molecule has 0 saturated heterocycles. The van der Waals surface area contributed by atoms with E-state index < -0.39 is 8.87 Å². The number of hydrogen-bond acceptors (Lipinski definition) is 9. The summed E-state index contributed by atoms with van der Waals surface area (Å²) in [6, 6.07) is 0. The fourth-order valence-corrected chi connectivity index (χ4v) is 3.50. The van der Waals surface area contributed by atoms with Crippen LogP contribution in [-0.2, 0) is 23.0 Å². The first-order chi connectivity index (χ1) is 7.50. The number of rotatable bonds is 3. The van der Waals surface area contributed by atoms with E-state index in [1.54, 1.807) is 0 Å². The molecule has 0 aliphatic rings. The highest BCUT2D eigenvalue weighted by Gasteiger charge is 2.25. The summed E-state index contributed by atoms with van der Waals surface area (Å²) >= 11 is 0. The molecule has 2 aromatic heterocycles. The van der Waals surface area contributed by atoms with Gasteiger partial charge in [-0.1, -0.05) is 5.10 Å². The number of aryl methyl sites for hydroxylation is 2. The maximum Gasteiger partial charge on any atom is 0.278 e. The van der Waals surface area contributed by atoms with E-state index in [0.717, 1.165) is 4.68 Å².